The Balaban J connectivity index is 0.000000191. The molecule has 9 heteroatoms. The van der Waals surface area contributed by atoms with Gasteiger partial charge in [-0.2, -0.15) is 5.10 Å². The molecule has 0 atom stereocenters. The van der Waals surface area contributed by atoms with Crippen molar-refractivity contribution in [1.29, 1.82) is 0 Å². The summed E-state index contributed by atoms with van der Waals surface area (Å²) in [6, 6.07) is 16.0. The number of fused-ring (bicyclic) bond motifs is 2. The van der Waals surface area contributed by atoms with Gasteiger partial charge in [0.1, 0.15) is 10.7 Å². The number of hydrogen-bond acceptors (Lipinski definition) is 6. The van der Waals surface area contributed by atoms with Crippen molar-refractivity contribution in [3.63, 3.8) is 0 Å². The van der Waals surface area contributed by atoms with E-state index in [1.165, 1.54) is 5.57 Å². The molecule has 0 spiro atoms. The number of imidazole rings is 1. The molecule has 0 saturated carbocycles. The minimum absolute atomic E-state index is 0.614. The summed E-state index contributed by atoms with van der Waals surface area (Å²) in [5.74, 6) is 0. The zero-order chi connectivity index (χ0) is 29.4. The van der Waals surface area contributed by atoms with E-state index < -0.39 is 0 Å². The Hall–Kier alpha value is -4.24. The van der Waals surface area contributed by atoms with Gasteiger partial charge < -0.3 is 9.72 Å². The van der Waals surface area contributed by atoms with Gasteiger partial charge in [-0.3, -0.25) is 19.5 Å². The summed E-state index contributed by atoms with van der Waals surface area (Å²) < 4.78 is 4.03. The maximum absolute atomic E-state index is 10.8. The maximum atomic E-state index is 10.8. The number of allylic oxidation sites excluding steroid dienone is 1. The first-order valence-corrected chi connectivity index (χ1v) is 14.6. The van der Waals surface area contributed by atoms with E-state index in [2.05, 4.69) is 76.1 Å². The summed E-state index contributed by atoms with van der Waals surface area (Å²) in [4.78, 5) is 24.1. The second-order valence-corrected chi connectivity index (χ2v) is 10.6. The first kappa shape index (κ1) is 29.7. The third kappa shape index (κ3) is 7.10. The Kier molecular flexibility index (Phi) is 10.1. The van der Waals surface area contributed by atoms with Crippen LogP contribution >= 0.6 is 11.8 Å². The number of nitrogens with zero attached hydrogens (tertiary/aromatic N) is 6. The highest BCUT2D eigenvalue weighted by molar-refractivity contribution is 8.16. The van der Waals surface area contributed by atoms with Gasteiger partial charge in [-0.15, -0.1) is 0 Å². The normalized spacial score (nSPS) is 12.0. The molecule has 0 radical (unpaired) electrons. The lowest BCUT2D eigenvalue weighted by Gasteiger charge is -2.05. The quantitative estimate of drug-likeness (QED) is 0.124. The minimum atomic E-state index is 0.614. The minimum Gasteiger partial charge on any atom is -0.328 e. The molecule has 0 aliphatic carbocycles. The predicted molar refractivity (Wildman–Crippen MR) is 171 cm³/mol. The number of anilines is 1. The van der Waals surface area contributed by atoms with E-state index in [1.54, 1.807) is 11.8 Å². The van der Waals surface area contributed by atoms with Crippen LogP contribution in [0.15, 0.2) is 76.9 Å². The van der Waals surface area contributed by atoms with Crippen LogP contribution in [-0.2, 0) is 17.8 Å². The molecule has 4 aromatic heterocycles. The number of rotatable bonds is 8. The summed E-state index contributed by atoms with van der Waals surface area (Å²) >= 11 is 1.67. The molecule has 0 fully saturated rings. The van der Waals surface area contributed by atoms with Crippen molar-refractivity contribution in [3.05, 3.63) is 100 Å². The molecule has 212 valence electrons. The number of pyridine rings is 2. The molecule has 5 rings (SSSR count). The number of benzene rings is 1. The second-order valence-electron chi connectivity index (χ2n) is 9.70. The SMILES string of the molecule is CC/C(C)=C/SC(=NC)c1ccn2c(C)cnc2c1.CCc1nn(Cc2cccc(C)n2)c2cccc(NC=O)c12. The van der Waals surface area contributed by atoms with Gasteiger partial charge in [0.25, 0.3) is 0 Å². The Bertz CT molecular complexity index is 1710. The monoisotopic (exact) mass is 567 g/mol. The third-order valence-electron chi connectivity index (χ3n) is 6.74. The van der Waals surface area contributed by atoms with Crippen molar-refractivity contribution in [2.45, 2.75) is 54.0 Å². The largest absolute Gasteiger partial charge is 0.328 e. The number of carbonyl (C=O) groups is 1. The van der Waals surface area contributed by atoms with Crippen LogP contribution in [-0.4, -0.2) is 42.7 Å². The number of aromatic nitrogens is 5. The zero-order valence-electron chi connectivity index (χ0n) is 24.5. The molecule has 0 bridgehead atoms. The number of aliphatic imine (C=N–C) groups is 1. The molecule has 1 amide bonds. The Morgan fingerprint density at radius 2 is 1.93 bits per heavy atom. The van der Waals surface area contributed by atoms with E-state index in [0.29, 0.717) is 13.0 Å². The zero-order valence-corrected chi connectivity index (χ0v) is 25.4. The van der Waals surface area contributed by atoms with Crippen LogP contribution in [0.25, 0.3) is 16.6 Å². The molecule has 5 aromatic rings. The number of aryl methyl sites for hydroxylation is 3. The van der Waals surface area contributed by atoms with Crippen LogP contribution in [0.3, 0.4) is 0 Å². The standard InChI is InChI=1S/C17H18N4O.C15H19N3S/c1-3-14-17-15(18-11-22)8-5-9-16(17)21(20-14)10-13-7-4-6-12(2)19-13;1-5-11(2)10-19-15(16-4)13-6-7-18-12(3)9-17-14(18)8-13/h4-9,11H,3,10H2,1-2H3,(H,18,22);6-10H,5H2,1-4H3/b;11-10+,16-15?. The number of thioether (sulfide) groups is 1. The van der Waals surface area contributed by atoms with E-state index in [1.807, 2.05) is 61.2 Å². The molecule has 1 aromatic carbocycles. The molecule has 0 aliphatic heterocycles. The first-order valence-electron chi connectivity index (χ1n) is 13.7. The van der Waals surface area contributed by atoms with Gasteiger partial charge in [-0.05, 0) is 75.4 Å². The average molecular weight is 568 g/mol. The molecule has 4 heterocycles. The van der Waals surface area contributed by atoms with E-state index in [4.69, 9.17) is 5.10 Å². The summed E-state index contributed by atoms with van der Waals surface area (Å²) in [6.45, 7) is 11.0. The van der Waals surface area contributed by atoms with Gasteiger partial charge >= 0.3 is 0 Å². The van der Waals surface area contributed by atoms with Gasteiger partial charge in [0, 0.05) is 41.8 Å². The van der Waals surface area contributed by atoms with Gasteiger partial charge in [0.15, 0.2) is 0 Å². The van der Waals surface area contributed by atoms with Crippen LogP contribution in [0.4, 0.5) is 5.69 Å². The highest BCUT2D eigenvalue weighted by Crippen LogP contribution is 2.27. The highest BCUT2D eigenvalue weighted by atomic mass is 32.2. The van der Waals surface area contributed by atoms with Gasteiger partial charge in [-0.25, -0.2) is 4.98 Å². The summed E-state index contributed by atoms with van der Waals surface area (Å²) in [5.41, 5.74) is 9.34. The van der Waals surface area contributed by atoms with Crippen LogP contribution in [0.1, 0.15) is 55.5 Å². The van der Waals surface area contributed by atoms with E-state index in [0.717, 1.165) is 68.5 Å². The van der Waals surface area contributed by atoms with Crippen molar-refractivity contribution in [2.24, 2.45) is 4.99 Å². The average Bonchev–Trinajstić information content (AvgIpc) is 3.54. The number of nitrogens with one attached hydrogen (secondary N) is 1. The second kappa shape index (κ2) is 13.9. The van der Waals surface area contributed by atoms with Gasteiger partial charge in [0.2, 0.25) is 6.41 Å². The smallest absolute Gasteiger partial charge is 0.211 e. The number of amides is 1. The Morgan fingerprint density at radius 1 is 1.12 bits per heavy atom. The van der Waals surface area contributed by atoms with Crippen LogP contribution in [0.2, 0.25) is 0 Å². The topological polar surface area (TPSA) is 89.5 Å². The lowest BCUT2D eigenvalue weighted by Crippen LogP contribution is -2.04. The molecule has 0 unspecified atom stereocenters. The molecular weight excluding hydrogens is 530 g/mol. The first-order chi connectivity index (χ1) is 19.9. The Labute approximate surface area is 245 Å². The van der Waals surface area contributed by atoms with E-state index >= 15 is 0 Å². The number of hydrogen-bond donors (Lipinski definition) is 1. The summed E-state index contributed by atoms with van der Waals surface area (Å²) in [6.07, 6.45) is 6.52. The van der Waals surface area contributed by atoms with Crippen molar-refractivity contribution < 1.29 is 4.79 Å². The fraction of sp³-hybridized carbons (Fsp3) is 0.281. The summed E-state index contributed by atoms with van der Waals surface area (Å²) in [5, 5.41) is 11.7. The third-order valence-corrected chi connectivity index (χ3v) is 7.90. The van der Waals surface area contributed by atoms with Crippen LogP contribution in [0.5, 0.6) is 0 Å². The van der Waals surface area contributed by atoms with E-state index in [-0.39, 0.29) is 0 Å². The van der Waals surface area contributed by atoms with Crippen LogP contribution < -0.4 is 5.32 Å². The predicted octanol–water partition coefficient (Wildman–Crippen LogP) is 6.98. The summed E-state index contributed by atoms with van der Waals surface area (Å²) in [7, 11) is 1.83. The van der Waals surface area contributed by atoms with Gasteiger partial charge in [0.05, 0.1) is 29.1 Å². The van der Waals surface area contributed by atoms with Crippen molar-refractivity contribution in [2.75, 3.05) is 12.4 Å². The number of carbonyl (C=O) groups excluding carboxylic acids is 1. The fourth-order valence-electron chi connectivity index (χ4n) is 4.43. The highest BCUT2D eigenvalue weighted by Gasteiger charge is 2.13. The molecular formula is C32H37N7OS. The lowest BCUT2D eigenvalue weighted by atomic mass is 10.1. The molecule has 0 saturated heterocycles. The van der Waals surface area contributed by atoms with Crippen molar-refractivity contribution in [3.8, 4) is 0 Å². The lowest BCUT2D eigenvalue weighted by molar-refractivity contribution is -0.105. The molecule has 0 aliphatic rings. The molecule has 8 nitrogen and oxygen atoms in total. The van der Waals surface area contributed by atoms with Gasteiger partial charge in [-0.1, -0.05) is 43.3 Å². The molecule has 41 heavy (non-hydrogen) atoms. The maximum Gasteiger partial charge on any atom is 0.211 e. The Morgan fingerprint density at radius 3 is 2.63 bits per heavy atom. The van der Waals surface area contributed by atoms with E-state index in [9.17, 15) is 4.79 Å². The van der Waals surface area contributed by atoms with Crippen molar-refractivity contribution in [1.82, 2.24) is 24.1 Å². The fourth-order valence-corrected chi connectivity index (χ4v) is 5.28. The van der Waals surface area contributed by atoms with Crippen LogP contribution in [0, 0.1) is 13.8 Å². The molecule has 1 N–H and O–H groups in total. The van der Waals surface area contributed by atoms with Crippen molar-refractivity contribution >= 4 is 45.5 Å².